The summed E-state index contributed by atoms with van der Waals surface area (Å²) in [7, 11) is 0. The smallest absolute Gasteiger partial charge is 0.306 e. The molecule has 3 rings (SSSR count). The summed E-state index contributed by atoms with van der Waals surface area (Å²) in [4.78, 5) is 10.8. The van der Waals surface area contributed by atoms with E-state index in [1.165, 1.54) is 0 Å². The van der Waals surface area contributed by atoms with Crippen LogP contribution in [0.4, 0.5) is 0 Å². The normalized spacial score (nSPS) is 18.8. The van der Waals surface area contributed by atoms with Crippen molar-refractivity contribution in [2.75, 3.05) is 6.61 Å². The number of carbonyl (C=O) groups is 1. The Hall–Kier alpha value is -2.01. The Morgan fingerprint density at radius 2 is 2.28 bits per heavy atom. The minimum Gasteiger partial charge on any atom is -0.508 e. The Labute approximate surface area is 103 Å². The summed E-state index contributed by atoms with van der Waals surface area (Å²) < 4.78 is 7.57. The van der Waals surface area contributed by atoms with Gasteiger partial charge in [-0.15, -0.1) is 0 Å². The number of hydrogen-bond donors (Lipinski definition) is 2. The highest BCUT2D eigenvalue weighted by atomic mass is 16.5. The number of aromatic hydroxyl groups is 1. The van der Waals surface area contributed by atoms with E-state index in [-0.39, 0.29) is 12.2 Å². The van der Waals surface area contributed by atoms with Gasteiger partial charge in [0.2, 0.25) is 0 Å². The lowest BCUT2D eigenvalue weighted by atomic mass is 10.1. The number of nitrogens with zero attached hydrogens (tertiary/aromatic N) is 1. The van der Waals surface area contributed by atoms with Crippen molar-refractivity contribution in [2.24, 2.45) is 0 Å². The summed E-state index contributed by atoms with van der Waals surface area (Å²) in [5, 5.41) is 19.3. The van der Waals surface area contributed by atoms with E-state index in [1.807, 2.05) is 12.1 Å². The molecule has 5 heteroatoms. The van der Waals surface area contributed by atoms with Crippen LogP contribution in [0.15, 0.2) is 24.3 Å². The molecule has 0 fully saturated rings. The topological polar surface area (TPSA) is 71.7 Å². The fourth-order valence-corrected chi connectivity index (χ4v) is 2.49. The minimum atomic E-state index is -0.874. The van der Waals surface area contributed by atoms with E-state index in [9.17, 15) is 9.90 Å². The molecule has 0 aliphatic carbocycles. The third-order valence-corrected chi connectivity index (χ3v) is 3.24. The Morgan fingerprint density at radius 1 is 1.44 bits per heavy atom. The molecular weight excluding hydrogens is 234 g/mol. The van der Waals surface area contributed by atoms with E-state index in [2.05, 4.69) is 4.57 Å². The number of carboxylic acids is 1. The molecular formula is C13H13NO4. The molecule has 1 aromatic heterocycles. The van der Waals surface area contributed by atoms with E-state index in [0.717, 1.165) is 16.6 Å². The molecule has 0 bridgehead atoms. The molecule has 0 spiro atoms. The Bertz CT molecular complexity index is 617. The predicted molar refractivity (Wildman–Crippen MR) is 64.5 cm³/mol. The molecule has 2 heterocycles. The number of fused-ring (bicyclic) bond motifs is 3. The van der Waals surface area contributed by atoms with Crippen LogP contribution in [0.1, 0.15) is 18.2 Å². The van der Waals surface area contributed by atoms with Gasteiger partial charge in [-0.05, 0) is 24.3 Å². The van der Waals surface area contributed by atoms with Gasteiger partial charge < -0.3 is 19.5 Å². The van der Waals surface area contributed by atoms with Crippen LogP contribution >= 0.6 is 0 Å². The van der Waals surface area contributed by atoms with Gasteiger partial charge >= 0.3 is 5.97 Å². The number of aromatic nitrogens is 1. The Balaban J connectivity index is 2.12. The van der Waals surface area contributed by atoms with Crippen LogP contribution in [0.25, 0.3) is 10.9 Å². The lowest BCUT2D eigenvalue weighted by Crippen LogP contribution is -2.22. The molecule has 94 valence electrons. The monoisotopic (exact) mass is 247 g/mol. The molecule has 2 N–H and O–H groups in total. The highest BCUT2D eigenvalue weighted by Gasteiger charge is 2.25. The molecule has 1 aliphatic rings. The first kappa shape index (κ1) is 11.1. The molecule has 18 heavy (non-hydrogen) atoms. The minimum absolute atomic E-state index is 0.0394. The number of ether oxygens (including phenoxy) is 1. The van der Waals surface area contributed by atoms with Gasteiger partial charge in [-0.2, -0.15) is 0 Å². The molecule has 1 aliphatic heterocycles. The molecule has 5 nitrogen and oxygen atoms in total. The average molecular weight is 247 g/mol. The van der Waals surface area contributed by atoms with Gasteiger partial charge in [0.05, 0.1) is 13.0 Å². The maximum atomic E-state index is 10.8. The van der Waals surface area contributed by atoms with E-state index in [0.29, 0.717) is 13.2 Å². The van der Waals surface area contributed by atoms with Gasteiger partial charge in [0, 0.05) is 23.1 Å². The van der Waals surface area contributed by atoms with E-state index in [1.54, 1.807) is 12.1 Å². The number of phenols is 1. The van der Waals surface area contributed by atoms with Crippen LogP contribution < -0.4 is 0 Å². The quantitative estimate of drug-likeness (QED) is 0.850. The predicted octanol–water partition coefficient (Wildman–Crippen LogP) is 1.89. The SMILES string of the molecule is O=C(O)CC1OCCn2c1cc1cc(O)ccc12. The summed E-state index contributed by atoms with van der Waals surface area (Å²) >= 11 is 0. The van der Waals surface area contributed by atoms with Gasteiger partial charge in [-0.1, -0.05) is 0 Å². The number of rotatable bonds is 2. The highest BCUT2D eigenvalue weighted by Crippen LogP contribution is 2.32. The van der Waals surface area contributed by atoms with Crippen molar-refractivity contribution in [3.05, 3.63) is 30.0 Å². The van der Waals surface area contributed by atoms with Gasteiger partial charge in [-0.25, -0.2) is 0 Å². The van der Waals surface area contributed by atoms with Crippen LogP contribution in [0.3, 0.4) is 0 Å². The Morgan fingerprint density at radius 3 is 3.06 bits per heavy atom. The van der Waals surface area contributed by atoms with Crippen molar-refractivity contribution in [1.29, 1.82) is 0 Å². The summed E-state index contributed by atoms with van der Waals surface area (Å²) in [5.41, 5.74) is 1.87. The van der Waals surface area contributed by atoms with Crippen molar-refractivity contribution in [1.82, 2.24) is 4.57 Å². The number of phenolic OH excluding ortho intramolecular Hbond substituents is 1. The first-order valence-electron chi connectivity index (χ1n) is 5.81. The second-order valence-electron chi connectivity index (χ2n) is 4.42. The first-order chi connectivity index (χ1) is 8.65. The second-order valence-corrected chi connectivity index (χ2v) is 4.42. The van der Waals surface area contributed by atoms with Crippen LogP contribution in [-0.4, -0.2) is 27.4 Å². The number of carboxylic acid groups (broad SMARTS) is 1. The van der Waals surface area contributed by atoms with E-state index < -0.39 is 12.1 Å². The average Bonchev–Trinajstić information content (AvgIpc) is 2.67. The zero-order valence-electron chi connectivity index (χ0n) is 9.67. The molecule has 1 atom stereocenters. The maximum Gasteiger partial charge on any atom is 0.306 e. The van der Waals surface area contributed by atoms with Crippen molar-refractivity contribution in [2.45, 2.75) is 19.1 Å². The summed E-state index contributed by atoms with van der Waals surface area (Å²) in [5.74, 6) is -0.664. The molecule has 1 aromatic carbocycles. The molecule has 0 saturated carbocycles. The number of hydrogen-bond acceptors (Lipinski definition) is 3. The van der Waals surface area contributed by atoms with Gasteiger partial charge in [0.25, 0.3) is 0 Å². The first-order valence-corrected chi connectivity index (χ1v) is 5.81. The van der Waals surface area contributed by atoms with Crippen LogP contribution in [0, 0.1) is 0 Å². The summed E-state index contributed by atoms with van der Waals surface area (Å²) in [6.07, 6.45) is -0.451. The maximum absolute atomic E-state index is 10.8. The van der Waals surface area contributed by atoms with Crippen LogP contribution in [0.5, 0.6) is 5.75 Å². The molecule has 0 saturated heterocycles. The third-order valence-electron chi connectivity index (χ3n) is 3.24. The fraction of sp³-hybridized carbons (Fsp3) is 0.308. The third kappa shape index (κ3) is 1.73. The van der Waals surface area contributed by atoms with Gasteiger partial charge in [0.15, 0.2) is 0 Å². The molecule has 0 radical (unpaired) electrons. The molecule has 2 aromatic rings. The molecule has 0 amide bonds. The fourth-order valence-electron chi connectivity index (χ4n) is 2.49. The second kappa shape index (κ2) is 4.03. The largest absolute Gasteiger partial charge is 0.508 e. The number of aliphatic carboxylic acids is 1. The van der Waals surface area contributed by atoms with E-state index in [4.69, 9.17) is 9.84 Å². The van der Waals surface area contributed by atoms with Crippen molar-refractivity contribution in [3.8, 4) is 5.75 Å². The molecule has 1 unspecified atom stereocenters. The lowest BCUT2D eigenvalue weighted by Gasteiger charge is -2.24. The zero-order chi connectivity index (χ0) is 12.7. The standard InChI is InChI=1S/C13H13NO4/c15-9-1-2-10-8(5-9)6-11-12(7-13(16)17)18-4-3-14(10)11/h1-2,5-6,12,15H,3-4,7H2,(H,16,17). The van der Waals surface area contributed by atoms with Crippen molar-refractivity contribution >= 4 is 16.9 Å². The van der Waals surface area contributed by atoms with Crippen molar-refractivity contribution in [3.63, 3.8) is 0 Å². The van der Waals surface area contributed by atoms with Crippen molar-refractivity contribution < 1.29 is 19.7 Å². The zero-order valence-corrected chi connectivity index (χ0v) is 9.67. The Kier molecular flexibility index (Phi) is 2.48. The van der Waals surface area contributed by atoms with Crippen LogP contribution in [-0.2, 0) is 16.1 Å². The van der Waals surface area contributed by atoms with Crippen LogP contribution in [0.2, 0.25) is 0 Å². The number of benzene rings is 1. The van der Waals surface area contributed by atoms with Gasteiger partial charge in [0.1, 0.15) is 11.9 Å². The lowest BCUT2D eigenvalue weighted by molar-refractivity contribution is -0.141. The van der Waals surface area contributed by atoms with E-state index >= 15 is 0 Å². The summed E-state index contributed by atoms with van der Waals surface area (Å²) in [6, 6.07) is 7.05. The summed E-state index contributed by atoms with van der Waals surface area (Å²) in [6.45, 7) is 1.22. The highest BCUT2D eigenvalue weighted by molar-refractivity contribution is 5.83. The van der Waals surface area contributed by atoms with Gasteiger partial charge in [-0.3, -0.25) is 4.79 Å².